The van der Waals surface area contributed by atoms with Crippen molar-refractivity contribution < 1.29 is 4.39 Å². The van der Waals surface area contributed by atoms with Gasteiger partial charge in [-0.3, -0.25) is 11.3 Å². The molecule has 1 unspecified atom stereocenters. The molecule has 1 heterocycles. The molecule has 4 nitrogen and oxygen atoms in total. The van der Waals surface area contributed by atoms with Gasteiger partial charge in [-0.05, 0) is 46.1 Å². The second-order valence-corrected chi connectivity index (χ2v) is 4.66. The summed E-state index contributed by atoms with van der Waals surface area (Å²) in [6, 6.07) is 6.55. The van der Waals surface area contributed by atoms with Crippen molar-refractivity contribution in [3.05, 3.63) is 58.3 Å². The molecule has 0 bridgehead atoms. The highest BCUT2D eigenvalue weighted by atomic mass is 79.9. The predicted octanol–water partition coefficient (Wildman–Crippen LogP) is 2.13. The summed E-state index contributed by atoms with van der Waals surface area (Å²) in [6.07, 6.45) is 3.75. The topological polar surface area (TPSA) is 63.8 Å². The summed E-state index contributed by atoms with van der Waals surface area (Å²) >= 11 is 3.16. The summed E-state index contributed by atoms with van der Waals surface area (Å²) < 4.78 is 13.6. The first-order chi connectivity index (χ1) is 8.70. The van der Waals surface area contributed by atoms with Crippen LogP contribution in [0.4, 0.5) is 4.39 Å². The van der Waals surface area contributed by atoms with Gasteiger partial charge in [-0.15, -0.1) is 0 Å². The van der Waals surface area contributed by atoms with Crippen LogP contribution in [-0.2, 0) is 6.42 Å². The van der Waals surface area contributed by atoms with Crippen molar-refractivity contribution in [3.8, 4) is 0 Å². The highest BCUT2D eigenvalue weighted by Crippen LogP contribution is 2.21. The molecule has 0 fully saturated rings. The van der Waals surface area contributed by atoms with Crippen molar-refractivity contribution in [3.63, 3.8) is 0 Å². The molecular weight excluding hydrogens is 299 g/mol. The molecule has 94 valence electrons. The van der Waals surface area contributed by atoms with Gasteiger partial charge in [0.2, 0.25) is 0 Å². The number of hydrogen-bond donors (Lipinski definition) is 2. The lowest BCUT2D eigenvalue weighted by molar-refractivity contribution is 0.536. The molecule has 0 aliphatic heterocycles. The van der Waals surface area contributed by atoms with Gasteiger partial charge < -0.3 is 0 Å². The number of benzene rings is 1. The number of halogens is 2. The smallest absolute Gasteiger partial charge is 0.137 e. The first-order valence-corrected chi connectivity index (χ1v) is 6.16. The summed E-state index contributed by atoms with van der Waals surface area (Å²) in [6.45, 7) is 0. The predicted molar refractivity (Wildman–Crippen MR) is 69.9 cm³/mol. The second kappa shape index (κ2) is 5.99. The number of hydrogen-bond acceptors (Lipinski definition) is 4. The fourth-order valence-corrected chi connectivity index (χ4v) is 2.08. The lowest BCUT2D eigenvalue weighted by Crippen LogP contribution is -2.30. The third kappa shape index (κ3) is 3.10. The van der Waals surface area contributed by atoms with Gasteiger partial charge in [0.05, 0.1) is 16.2 Å². The normalized spacial score (nSPS) is 12.4. The Morgan fingerprint density at radius 3 is 2.83 bits per heavy atom. The summed E-state index contributed by atoms with van der Waals surface area (Å²) in [7, 11) is 0. The van der Waals surface area contributed by atoms with Gasteiger partial charge in [-0.25, -0.2) is 14.4 Å². The van der Waals surface area contributed by atoms with E-state index in [1.54, 1.807) is 24.4 Å². The van der Waals surface area contributed by atoms with Crippen molar-refractivity contribution in [2.24, 2.45) is 5.84 Å². The Morgan fingerprint density at radius 2 is 2.22 bits per heavy atom. The van der Waals surface area contributed by atoms with E-state index in [0.717, 1.165) is 11.3 Å². The number of rotatable bonds is 4. The maximum Gasteiger partial charge on any atom is 0.137 e. The summed E-state index contributed by atoms with van der Waals surface area (Å²) in [4.78, 5) is 8.00. The molecule has 3 N–H and O–H groups in total. The maximum absolute atomic E-state index is 13.1. The number of aromatic nitrogens is 2. The minimum Gasteiger partial charge on any atom is -0.271 e. The van der Waals surface area contributed by atoms with Gasteiger partial charge in [0.1, 0.15) is 12.1 Å². The van der Waals surface area contributed by atoms with E-state index in [1.165, 1.54) is 12.4 Å². The number of hydrazine groups is 1. The van der Waals surface area contributed by atoms with Crippen molar-refractivity contribution in [1.82, 2.24) is 15.4 Å². The zero-order valence-corrected chi connectivity index (χ0v) is 11.1. The van der Waals surface area contributed by atoms with E-state index in [1.807, 2.05) is 0 Å². The fraction of sp³-hybridized carbons (Fsp3) is 0.167. The molecular formula is C12H12BrFN4. The van der Waals surface area contributed by atoms with E-state index in [4.69, 9.17) is 5.84 Å². The lowest BCUT2D eigenvalue weighted by Gasteiger charge is -2.15. The standard InChI is InChI=1S/C12H12BrFN4/c13-9-5-8(1-2-10(9)14)6-12(18-15)11-3-4-16-7-17-11/h1-5,7,12,18H,6,15H2. The minimum absolute atomic E-state index is 0.134. The van der Waals surface area contributed by atoms with Crippen LogP contribution < -0.4 is 11.3 Å². The molecule has 6 heteroatoms. The molecule has 1 aromatic carbocycles. The number of nitrogens with one attached hydrogen (secondary N) is 1. The Morgan fingerprint density at radius 1 is 1.39 bits per heavy atom. The Kier molecular flexibility index (Phi) is 4.35. The van der Waals surface area contributed by atoms with Gasteiger partial charge in [-0.2, -0.15) is 0 Å². The summed E-state index contributed by atoms with van der Waals surface area (Å²) in [5.74, 6) is 5.24. The Labute approximate surface area is 113 Å². The van der Waals surface area contributed by atoms with Crippen LogP contribution >= 0.6 is 15.9 Å². The molecule has 0 spiro atoms. The largest absolute Gasteiger partial charge is 0.271 e. The van der Waals surface area contributed by atoms with Crippen LogP contribution in [0.25, 0.3) is 0 Å². The quantitative estimate of drug-likeness (QED) is 0.671. The average Bonchev–Trinajstić information content (AvgIpc) is 2.41. The molecule has 0 aliphatic carbocycles. The van der Waals surface area contributed by atoms with E-state index in [9.17, 15) is 4.39 Å². The molecule has 0 radical (unpaired) electrons. The Bertz CT molecular complexity index is 521. The van der Waals surface area contributed by atoms with Crippen molar-refractivity contribution in [2.45, 2.75) is 12.5 Å². The van der Waals surface area contributed by atoms with Crippen molar-refractivity contribution in [2.75, 3.05) is 0 Å². The van der Waals surface area contributed by atoms with E-state index in [-0.39, 0.29) is 11.9 Å². The molecule has 0 aliphatic rings. The lowest BCUT2D eigenvalue weighted by atomic mass is 10.0. The van der Waals surface area contributed by atoms with Crippen LogP contribution in [0.1, 0.15) is 17.3 Å². The zero-order valence-electron chi connectivity index (χ0n) is 9.48. The van der Waals surface area contributed by atoms with Gasteiger partial charge in [0.25, 0.3) is 0 Å². The zero-order chi connectivity index (χ0) is 13.0. The van der Waals surface area contributed by atoms with E-state index in [2.05, 4.69) is 31.3 Å². The van der Waals surface area contributed by atoms with Gasteiger partial charge in [0.15, 0.2) is 0 Å². The van der Waals surface area contributed by atoms with Crippen LogP contribution in [-0.4, -0.2) is 9.97 Å². The molecule has 0 saturated carbocycles. The monoisotopic (exact) mass is 310 g/mol. The summed E-state index contributed by atoms with van der Waals surface area (Å²) in [5, 5.41) is 0. The van der Waals surface area contributed by atoms with Crippen molar-refractivity contribution in [1.29, 1.82) is 0 Å². The third-order valence-electron chi connectivity index (χ3n) is 2.59. The molecule has 2 aromatic rings. The third-order valence-corrected chi connectivity index (χ3v) is 3.19. The second-order valence-electron chi connectivity index (χ2n) is 3.81. The van der Waals surface area contributed by atoms with E-state index < -0.39 is 0 Å². The van der Waals surface area contributed by atoms with Gasteiger partial charge in [-0.1, -0.05) is 6.07 Å². The highest BCUT2D eigenvalue weighted by Gasteiger charge is 2.12. The number of nitrogens with zero attached hydrogens (tertiary/aromatic N) is 2. The van der Waals surface area contributed by atoms with Crippen LogP contribution in [0, 0.1) is 5.82 Å². The van der Waals surface area contributed by atoms with Gasteiger partial charge >= 0.3 is 0 Å². The molecule has 1 aromatic heterocycles. The van der Waals surface area contributed by atoms with Gasteiger partial charge in [0, 0.05) is 6.20 Å². The van der Waals surface area contributed by atoms with Crippen molar-refractivity contribution >= 4 is 15.9 Å². The fourth-order valence-electron chi connectivity index (χ4n) is 1.66. The Hall–Kier alpha value is -1.37. The van der Waals surface area contributed by atoms with E-state index >= 15 is 0 Å². The highest BCUT2D eigenvalue weighted by molar-refractivity contribution is 9.10. The average molecular weight is 311 g/mol. The molecule has 0 saturated heterocycles. The van der Waals surface area contributed by atoms with Crippen LogP contribution in [0.15, 0.2) is 41.3 Å². The van der Waals surface area contributed by atoms with Crippen LogP contribution in [0.5, 0.6) is 0 Å². The molecule has 2 rings (SSSR count). The van der Waals surface area contributed by atoms with Crippen LogP contribution in [0.3, 0.4) is 0 Å². The Balaban J connectivity index is 2.18. The summed E-state index contributed by atoms with van der Waals surface area (Å²) in [5.41, 5.74) is 4.46. The SMILES string of the molecule is NNC(Cc1ccc(F)c(Br)c1)c1ccncn1. The molecule has 0 amide bonds. The molecule has 18 heavy (non-hydrogen) atoms. The van der Waals surface area contributed by atoms with E-state index in [0.29, 0.717) is 10.9 Å². The number of nitrogens with two attached hydrogens (primary N) is 1. The first-order valence-electron chi connectivity index (χ1n) is 5.36. The molecule has 1 atom stereocenters. The maximum atomic E-state index is 13.1. The van der Waals surface area contributed by atoms with Crippen LogP contribution in [0.2, 0.25) is 0 Å². The minimum atomic E-state index is -0.280. The first kappa shape index (κ1) is 13.1.